The van der Waals surface area contributed by atoms with Crippen molar-refractivity contribution in [2.45, 2.75) is 58.9 Å². The van der Waals surface area contributed by atoms with E-state index in [0.29, 0.717) is 11.9 Å². The van der Waals surface area contributed by atoms with Gasteiger partial charge in [-0.05, 0) is 26.3 Å². The summed E-state index contributed by atoms with van der Waals surface area (Å²) < 4.78 is 0. The largest absolute Gasteiger partial charge is 0.340 e. The van der Waals surface area contributed by atoms with E-state index in [4.69, 9.17) is 0 Å². The molecule has 0 heterocycles. The van der Waals surface area contributed by atoms with Gasteiger partial charge in [0.05, 0.1) is 0 Å². The first-order valence-electron chi connectivity index (χ1n) is 7.21. The molecule has 0 aromatic heterocycles. The molecule has 1 saturated carbocycles. The summed E-state index contributed by atoms with van der Waals surface area (Å²) >= 11 is 0. The fourth-order valence-electron chi connectivity index (χ4n) is 2.72. The predicted molar refractivity (Wildman–Crippen MR) is 72.0 cm³/mol. The number of nitrogens with one attached hydrogen (secondary N) is 1. The third-order valence-electron chi connectivity index (χ3n) is 3.76. The number of carbonyl (C=O) groups excluding carboxylic acids is 1. The Labute approximate surface area is 106 Å². The first-order chi connectivity index (χ1) is 8.20. The molecule has 1 N–H and O–H groups in total. The number of amides is 1. The molecular formula is C14H28N2O. The fourth-order valence-corrected chi connectivity index (χ4v) is 2.72. The van der Waals surface area contributed by atoms with E-state index in [1.165, 1.54) is 32.1 Å². The molecule has 0 radical (unpaired) electrons. The molecule has 1 aliphatic rings. The lowest BCUT2D eigenvalue weighted by Crippen LogP contribution is -2.45. The van der Waals surface area contributed by atoms with Gasteiger partial charge in [-0.3, -0.25) is 4.79 Å². The van der Waals surface area contributed by atoms with Crippen LogP contribution in [0, 0.1) is 5.92 Å². The van der Waals surface area contributed by atoms with Crippen molar-refractivity contribution >= 4 is 5.91 Å². The minimum Gasteiger partial charge on any atom is -0.340 e. The molecule has 0 saturated heterocycles. The first-order valence-corrected chi connectivity index (χ1v) is 7.21. The maximum atomic E-state index is 12.4. The van der Waals surface area contributed by atoms with Crippen molar-refractivity contribution in [1.82, 2.24) is 10.2 Å². The van der Waals surface area contributed by atoms with Crippen LogP contribution < -0.4 is 5.32 Å². The number of carbonyl (C=O) groups is 1. The number of hydrogen-bond donors (Lipinski definition) is 1. The Bertz CT molecular complexity index is 224. The van der Waals surface area contributed by atoms with Crippen LogP contribution >= 0.6 is 0 Å². The summed E-state index contributed by atoms with van der Waals surface area (Å²) in [5.41, 5.74) is 0. The minimum absolute atomic E-state index is 0.108. The minimum atomic E-state index is 0.108. The summed E-state index contributed by atoms with van der Waals surface area (Å²) in [5.74, 6) is 0.442. The van der Waals surface area contributed by atoms with Gasteiger partial charge in [0.15, 0.2) is 0 Å². The third kappa shape index (κ3) is 4.30. The smallest absolute Gasteiger partial charge is 0.226 e. The molecule has 0 aromatic carbocycles. The van der Waals surface area contributed by atoms with Gasteiger partial charge < -0.3 is 10.2 Å². The second-order valence-corrected chi connectivity index (χ2v) is 5.12. The molecule has 0 aliphatic heterocycles. The summed E-state index contributed by atoms with van der Waals surface area (Å²) in [4.78, 5) is 14.5. The second-order valence-electron chi connectivity index (χ2n) is 5.12. The summed E-state index contributed by atoms with van der Waals surface area (Å²) in [5, 5.41) is 3.26. The average Bonchev–Trinajstić information content (AvgIpc) is 2.38. The second kappa shape index (κ2) is 7.70. The van der Waals surface area contributed by atoms with Crippen LogP contribution in [0.15, 0.2) is 0 Å². The molecule has 1 amide bonds. The Kier molecular flexibility index (Phi) is 6.56. The summed E-state index contributed by atoms with van der Waals surface area (Å²) in [7, 11) is 0. The van der Waals surface area contributed by atoms with Crippen molar-refractivity contribution < 1.29 is 4.79 Å². The average molecular weight is 240 g/mol. The maximum Gasteiger partial charge on any atom is 0.226 e. The molecule has 100 valence electrons. The molecule has 1 atom stereocenters. The molecule has 0 bridgehead atoms. The first kappa shape index (κ1) is 14.5. The lowest BCUT2D eigenvalue weighted by atomic mass is 9.93. The Morgan fingerprint density at radius 3 is 2.47 bits per heavy atom. The molecule has 0 spiro atoms. The Morgan fingerprint density at radius 1 is 1.29 bits per heavy atom. The van der Waals surface area contributed by atoms with Crippen LogP contribution in [-0.2, 0) is 4.79 Å². The highest BCUT2D eigenvalue weighted by Crippen LogP contribution is 2.23. The van der Waals surface area contributed by atoms with E-state index >= 15 is 0 Å². The summed E-state index contributed by atoms with van der Waals surface area (Å²) in [6.45, 7) is 8.82. The van der Waals surface area contributed by atoms with Gasteiger partial charge in [-0.1, -0.05) is 33.1 Å². The lowest BCUT2D eigenvalue weighted by Gasteiger charge is -2.35. The van der Waals surface area contributed by atoms with Gasteiger partial charge in [-0.15, -0.1) is 0 Å². The highest BCUT2D eigenvalue weighted by atomic mass is 16.2. The van der Waals surface area contributed by atoms with Crippen molar-refractivity contribution in [3.8, 4) is 0 Å². The van der Waals surface area contributed by atoms with Crippen LogP contribution in [0.2, 0.25) is 0 Å². The van der Waals surface area contributed by atoms with Crippen molar-refractivity contribution in [1.29, 1.82) is 0 Å². The van der Waals surface area contributed by atoms with E-state index in [9.17, 15) is 4.79 Å². The van der Waals surface area contributed by atoms with Crippen LogP contribution in [-0.4, -0.2) is 36.5 Å². The van der Waals surface area contributed by atoms with Crippen molar-refractivity contribution in [3.63, 3.8) is 0 Å². The molecule has 0 aromatic rings. The highest BCUT2D eigenvalue weighted by molar-refractivity contribution is 5.79. The molecule has 3 nitrogen and oxygen atoms in total. The molecule has 1 fully saturated rings. The zero-order valence-electron chi connectivity index (χ0n) is 11.7. The standard InChI is InChI=1S/C14H28N2O/c1-4-15-11-12(3)14(17)16(5-2)13-9-7-6-8-10-13/h12-13,15H,4-11H2,1-3H3. The van der Waals surface area contributed by atoms with Gasteiger partial charge in [-0.25, -0.2) is 0 Å². The van der Waals surface area contributed by atoms with Crippen molar-refractivity contribution in [3.05, 3.63) is 0 Å². The Balaban J connectivity index is 2.49. The van der Waals surface area contributed by atoms with Gasteiger partial charge in [0.25, 0.3) is 0 Å². The van der Waals surface area contributed by atoms with Gasteiger partial charge in [0.1, 0.15) is 0 Å². The normalized spacial score (nSPS) is 19.0. The number of hydrogen-bond acceptors (Lipinski definition) is 2. The zero-order valence-corrected chi connectivity index (χ0v) is 11.7. The summed E-state index contributed by atoms with van der Waals surface area (Å²) in [6.07, 6.45) is 6.32. The highest BCUT2D eigenvalue weighted by Gasteiger charge is 2.26. The van der Waals surface area contributed by atoms with Crippen molar-refractivity contribution in [2.24, 2.45) is 5.92 Å². The van der Waals surface area contributed by atoms with E-state index < -0.39 is 0 Å². The molecule has 1 unspecified atom stereocenters. The SMILES string of the molecule is CCNCC(C)C(=O)N(CC)C1CCCCC1. The van der Waals surface area contributed by atoms with E-state index in [2.05, 4.69) is 24.1 Å². The van der Waals surface area contributed by atoms with Gasteiger partial charge in [0.2, 0.25) is 5.91 Å². The van der Waals surface area contributed by atoms with Gasteiger partial charge in [0, 0.05) is 25.0 Å². The Morgan fingerprint density at radius 2 is 1.94 bits per heavy atom. The Hall–Kier alpha value is -0.570. The lowest BCUT2D eigenvalue weighted by molar-refractivity contribution is -0.137. The van der Waals surface area contributed by atoms with E-state index in [0.717, 1.165) is 19.6 Å². The molecule has 17 heavy (non-hydrogen) atoms. The van der Waals surface area contributed by atoms with Crippen LogP contribution in [0.1, 0.15) is 52.9 Å². The molecule has 1 aliphatic carbocycles. The van der Waals surface area contributed by atoms with E-state index in [1.807, 2.05) is 6.92 Å². The molecule has 1 rings (SSSR count). The van der Waals surface area contributed by atoms with Crippen LogP contribution in [0.4, 0.5) is 0 Å². The quantitative estimate of drug-likeness (QED) is 0.773. The van der Waals surface area contributed by atoms with E-state index in [-0.39, 0.29) is 5.92 Å². The number of nitrogens with zero attached hydrogens (tertiary/aromatic N) is 1. The fraction of sp³-hybridized carbons (Fsp3) is 0.929. The van der Waals surface area contributed by atoms with Gasteiger partial charge >= 0.3 is 0 Å². The summed E-state index contributed by atoms with van der Waals surface area (Å²) in [6, 6.07) is 0.505. The molecular weight excluding hydrogens is 212 g/mol. The van der Waals surface area contributed by atoms with Gasteiger partial charge in [-0.2, -0.15) is 0 Å². The van der Waals surface area contributed by atoms with E-state index in [1.54, 1.807) is 0 Å². The van der Waals surface area contributed by atoms with Crippen LogP contribution in [0.25, 0.3) is 0 Å². The third-order valence-corrected chi connectivity index (χ3v) is 3.76. The zero-order chi connectivity index (χ0) is 12.7. The maximum absolute atomic E-state index is 12.4. The van der Waals surface area contributed by atoms with Crippen molar-refractivity contribution in [2.75, 3.05) is 19.6 Å². The van der Waals surface area contributed by atoms with Crippen LogP contribution in [0.3, 0.4) is 0 Å². The van der Waals surface area contributed by atoms with Crippen LogP contribution in [0.5, 0.6) is 0 Å². The number of rotatable bonds is 6. The predicted octanol–water partition coefficient (Wildman–Crippen LogP) is 2.41. The topological polar surface area (TPSA) is 32.3 Å². The monoisotopic (exact) mass is 240 g/mol. The molecule has 3 heteroatoms.